The maximum Gasteiger partial charge on any atom is 0.341 e. The molecule has 1 fully saturated rings. The third-order valence-corrected chi connectivity index (χ3v) is 7.40. The van der Waals surface area contributed by atoms with E-state index in [1.165, 1.54) is 16.2 Å². The minimum atomic E-state index is -0.412. The highest BCUT2D eigenvalue weighted by atomic mass is 32.1. The van der Waals surface area contributed by atoms with Crippen LogP contribution in [0.25, 0.3) is 0 Å². The van der Waals surface area contributed by atoms with Gasteiger partial charge in [0.15, 0.2) is 0 Å². The van der Waals surface area contributed by atoms with Gasteiger partial charge in [-0.15, -0.1) is 11.3 Å². The van der Waals surface area contributed by atoms with Gasteiger partial charge in [0.2, 0.25) is 5.91 Å². The van der Waals surface area contributed by atoms with Crippen molar-refractivity contribution < 1.29 is 23.9 Å². The van der Waals surface area contributed by atoms with Crippen molar-refractivity contribution in [3.05, 3.63) is 16.0 Å². The molecule has 1 aliphatic heterocycles. The van der Waals surface area contributed by atoms with Gasteiger partial charge in [0.1, 0.15) is 5.00 Å². The second-order valence-electron chi connectivity index (χ2n) is 8.53. The van der Waals surface area contributed by atoms with Gasteiger partial charge in [-0.25, -0.2) is 4.79 Å². The second kappa shape index (κ2) is 10.6. The normalized spacial score (nSPS) is 22.3. The third-order valence-electron chi connectivity index (χ3n) is 6.23. The van der Waals surface area contributed by atoms with E-state index in [1.54, 1.807) is 13.8 Å². The van der Waals surface area contributed by atoms with Crippen LogP contribution in [-0.4, -0.2) is 55.1 Å². The number of fused-ring (bicyclic) bond motifs is 1. The Hall–Kier alpha value is -1.93. The first-order valence-electron chi connectivity index (χ1n) is 11.4. The number of rotatable bonds is 7. The molecule has 1 amide bonds. The van der Waals surface area contributed by atoms with E-state index < -0.39 is 6.04 Å². The van der Waals surface area contributed by atoms with Crippen LogP contribution in [0.4, 0.5) is 5.00 Å². The molecule has 0 radical (unpaired) electrons. The lowest BCUT2D eigenvalue weighted by molar-refractivity contribution is -0.150. The Bertz CT molecular complexity index is 821. The second-order valence-corrected chi connectivity index (χ2v) is 9.63. The Balaban J connectivity index is 1.75. The Morgan fingerprint density at radius 3 is 2.65 bits per heavy atom. The van der Waals surface area contributed by atoms with Crippen LogP contribution in [0.3, 0.4) is 0 Å². The van der Waals surface area contributed by atoms with Gasteiger partial charge in [0.05, 0.1) is 30.7 Å². The number of thiophene rings is 1. The van der Waals surface area contributed by atoms with Crippen LogP contribution in [-0.2, 0) is 31.9 Å². The fraction of sp³-hybridized carbons (Fsp3) is 0.696. The molecule has 2 aliphatic rings. The summed E-state index contributed by atoms with van der Waals surface area (Å²) in [6.45, 7) is 9.58. The molecule has 3 rings (SSSR count). The lowest BCUT2D eigenvalue weighted by atomic mass is 9.88. The first-order valence-corrected chi connectivity index (χ1v) is 12.2. The fourth-order valence-corrected chi connectivity index (χ4v) is 5.85. The zero-order valence-electron chi connectivity index (χ0n) is 19.0. The molecule has 8 heteroatoms. The number of hydrogen-bond donors (Lipinski definition) is 1. The van der Waals surface area contributed by atoms with Crippen molar-refractivity contribution in [2.75, 3.05) is 31.6 Å². The van der Waals surface area contributed by atoms with E-state index in [9.17, 15) is 14.4 Å². The van der Waals surface area contributed by atoms with Gasteiger partial charge in [-0.1, -0.05) is 6.92 Å². The maximum absolute atomic E-state index is 13.1. The molecule has 1 aliphatic carbocycles. The summed E-state index contributed by atoms with van der Waals surface area (Å²) < 4.78 is 10.5. The molecule has 1 aromatic heterocycles. The number of carbonyl (C=O) groups is 3. The molecule has 1 saturated heterocycles. The lowest BCUT2D eigenvalue weighted by Crippen LogP contribution is -2.48. The van der Waals surface area contributed by atoms with Crippen LogP contribution in [0.2, 0.25) is 0 Å². The number of hydrogen-bond acceptors (Lipinski definition) is 7. The molecule has 31 heavy (non-hydrogen) atoms. The van der Waals surface area contributed by atoms with Crippen LogP contribution in [0.15, 0.2) is 0 Å². The molecular weight excluding hydrogens is 416 g/mol. The standard InChI is InChI=1S/C23H34N2O5S/c1-5-29-22(27)16-8-7-11-25(13-16)15(4)20(26)24-21-19(23(28)30-6-2)17-10-9-14(3)12-18(17)31-21/h14-16H,5-13H2,1-4H3,(H,24,26)/t14-,15+,16+/m0/s1. The molecule has 0 unspecified atom stereocenters. The Labute approximate surface area is 188 Å². The molecule has 1 N–H and O–H groups in total. The third kappa shape index (κ3) is 5.47. The van der Waals surface area contributed by atoms with Gasteiger partial charge in [0.25, 0.3) is 0 Å². The van der Waals surface area contributed by atoms with Gasteiger partial charge >= 0.3 is 11.9 Å². The van der Waals surface area contributed by atoms with E-state index in [4.69, 9.17) is 9.47 Å². The molecule has 0 aromatic carbocycles. The summed E-state index contributed by atoms with van der Waals surface area (Å²) in [4.78, 5) is 41.1. The summed E-state index contributed by atoms with van der Waals surface area (Å²) in [5, 5.41) is 3.60. The summed E-state index contributed by atoms with van der Waals surface area (Å²) >= 11 is 1.50. The number of likely N-dealkylation sites (tertiary alicyclic amines) is 1. The Kier molecular flexibility index (Phi) is 8.11. The number of nitrogens with zero attached hydrogens (tertiary/aromatic N) is 1. The summed E-state index contributed by atoms with van der Waals surface area (Å²) in [6, 6.07) is -0.412. The summed E-state index contributed by atoms with van der Waals surface area (Å²) in [6.07, 6.45) is 4.42. The molecule has 0 saturated carbocycles. The fourth-order valence-electron chi connectivity index (χ4n) is 4.45. The first-order chi connectivity index (χ1) is 14.8. The minimum Gasteiger partial charge on any atom is -0.466 e. The van der Waals surface area contributed by atoms with Crippen LogP contribution in [0, 0.1) is 11.8 Å². The number of anilines is 1. The minimum absolute atomic E-state index is 0.165. The van der Waals surface area contributed by atoms with Crippen LogP contribution >= 0.6 is 11.3 Å². The smallest absolute Gasteiger partial charge is 0.341 e. The molecule has 0 spiro atoms. The van der Waals surface area contributed by atoms with Gasteiger partial charge in [-0.05, 0) is 70.9 Å². The number of amides is 1. The molecule has 7 nitrogen and oxygen atoms in total. The zero-order valence-corrected chi connectivity index (χ0v) is 19.8. The maximum atomic E-state index is 13.1. The van der Waals surface area contributed by atoms with E-state index in [2.05, 4.69) is 12.2 Å². The SMILES string of the molecule is CCOC(=O)c1c(NC(=O)[C@@H](C)N2CCC[C@@H](C(=O)OCC)C2)sc2c1CC[C@H](C)C2. The molecule has 2 heterocycles. The zero-order chi connectivity index (χ0) is 22.5. The topological polar surface area (TPSA) is 84.9 Å². The van der Waals surface area contributed by atoms with Crippen molar-refractivity contribution in [1.29, 1.82) is 0 Å². The van der Waals surface area contributed by atoms with E-state index in [0.29, 0.717) is 36.2 Å². The van der Waals surface area contributed by atoms with E-state index >= 15 is 0 Å². The highest BCUT2D eigenvalue weighted by Crippen LogP contribution is 2.40. The molecule has 1 aromatic rings. The summed E-state index contributed by atoms with van der Waals surface area (Å²) in [5.74, 6) is -0.351. The Morgan fingerprint density at radius 1 is 1.19 bits per heavy atom. The molecule has 0 bridgehead atoms. The van der Waals surface area contributed by atoms with Crippen molar-refractivity contribution in [1.82, 2.24) is 4.90 Å². The summed E-state index contributed by atoms with van der Waals surface area (Å²) in [5.41, 5.74) is 1.56. The van der Waals surface area contributed by atoms with E-state index in [-0.39, 0.29) is 23.8 Å². The van der Waals surface area contributed by atoms with Gasteiger partial charge in [-0.2, -0.15) is 0 Å². The molecule has 3 atom stereocenters. The summed E-state index contributed by atoms with van der Waals surface area (Å²) in [7, 11) is 0. The average molecular weight is 451 g/mol. The predicted molar refractivity (Wildman–Crippen MR) is 120 cm³/mol. The Morgan fingerprint density at radius 2 is 1.94 bits per heavy atom. The largest absolute Gasteiger partial charge is 0.466 e. The molecular formula is C23H34N2O5S. The number of ether oxygens (including phenoxy) is 2. The van der Waals surface area contributed by atoms with Crippen molar-refractivity contribution >= 4 is 34.2 Å². The van der Waals surface area contributed by atoms with Crippen molar-refractivity contribution in [3.8, 4) is 0 Å². The van der Waals surface area contributed by atoms with Crippen molar-refractivity contribution in [3.63, 3.8) is 0 Å². The van der Waals surface area contributed by atoms with Crippen molar-refractivity contribution in [2.24, 2.45) is 11.8 Å². The van der Waals surface area contributed by atoms with Crippen LogP contribution in [0.1, 0.15) is 67.8 Å². The quantitative estimate of drug-likeness (QED) is 0.639. The molecule has 172 valence electrons. The van der Waals surface area contributed by atoms with Crippen LogP contribution < -0.4 is 5.32 Å². The van der Waals surface area contributed by atoms with Crippen LogP contribution in [0.5, 0.6) is 0 Å². The lowest BCUT2D eigenvalue weighted by Gasteiger charge is -2.35. The van der Waals surface area contributed by atoms with E-state index in [1.807, 2.05) is 11.8 Å². The van der Waals surface area contributed by atoms with E-state index in [0.717, 1.165) is 44.2 Å². The number of carbonyl (C=O) groups excluding carboxylic acids is 3. The van der Waals surface area contributed by atoms with Gasteiger partial charge in [0, 0.05) is 11.4 Å². The average Bonchev–Trinajstić information content (AvgIpc) is 3.10. The highest BCUT2D eigenvalue weighted by molar-refractivity contribution is 7.17. The van der Waals surface area contributed by atoms with Crippen molar-refractivity contribution in [2.45, 2.75) is 65.8 Å². The number of nitrogens with one attached hydrogen (secondary N) is 1. The first kappa shape index (κ1) is 23.7. The number of esters is 2. The number of piperidine rings is 1. The van der Waals surface area contributed by atoms with Gasteiger partial charge in [-0.3, -0.25) is 14.5 Å². The van der Waals surface area contributed by atoms with Gasteiger partial charge < -0.3 is 14.8 Å². The monoisotopic (exact) mass is 450 g/mol. The predicted octanol–water partition coefficient (Wildman–Crippen LogP) is 3.65. The highest BCUT2D eigenvalue weighted by Gasteiger charge is 2.33.